The summed E-state index contributed by atoms with van der Waals surface area (Å²) >= 11 is 0. The Bertz CT molecular complexity index is 862. The largest absolute Gasteiger partial charge is 0.503 e. The van der Waals surface area contributed by atoms with Crippen LogP contribution in [0.15, 0.2) is 36.5 Å². The summed E-state index contributed by atoms with van der Waals surface area (Å²) in [5.74, 6) is -0.855. The summed E-state index contributed by atoms with van der Waals surface area (Å²) in [5, 5.41) is 12.5. The Balaban J connectivity index is 1.58. The Kier molecular flexibility index (Phi) is 5.82. The average Bonchev–Trinajstić information content (AvgIpc) is 3.53. The van der Waals surface area contributed by atoms with Gasteiger partial charge in [-0.25, -0.2) is 9.78 Å². The topological polar surface area (TPSA) is 97.8 Å². The SMILES string of the molecule is COc1ccnc(C(=O)NC(C)C(=O)OC(C)c2ccc(C3CC3)cc2)c1O. The number of hydrogen-bond acceptors (Lipinski definition) is 6. The molecule has 1 aliphatic rings. The van der Waals surface area contributed by atoms with Gasteiger partial charge in [0.1, 0.15) is 12.1 Å². The van der Waals surface area contributed by atoms with Gasteiger partial charge in [0.05, 0.1) is 7.11 Å². The lowest BCUT2D eigenvalue weighted by Crippen LogP contribution is -2.40. The number of carbonyl (C=O) groups is 2. The van der Waals surface area contributed by atoms with E-state index in [9.17, 15) is 14.7 Å². The van der Waals surface area contributed by atoms with Crippen molar-refractivity contribution < 1.29 is 24.2 Å². The lowest BCUT2D eigenvalue weighted by Gasteiger charge is -2.18. The van der Waals surface area contributed by atoms with Crippen LogP contribution in [-0.4, -0.2) is 35.1 Å². The number of aromatic nitrogens is 1. The fourth-order valence-electron chi connectivity index (χ4n) is 2.89. The highest BCUT2D eigenvalue weighted by Gasteiger charge is 2.25. The van der Waals surface area contributed by atoms with E-state index in [0.717, 1.165) is 5.56 Å². The third-order valence-corrected chi connectivity index (χ3v) is 4.77. The van der Waals surface area contributed by atoms with Crippen molar-refractivity contribution in [2.24, 2.45) is 0 Å². The summed E-state index contributed by atoms with van der Waals surface area (Å²) in [4.78, 5) is 28.5. The second-order valence-corrected chi connectivity index (χ2v) is 6.93. The van der Waals surface area contributed by atoms with E-state index >= 15 is 0 Å². The van der Waals surface area contributed by atoms with Crippen molar-refractivity contribution in [2.45, 2.75) is 44.8 Å². The van der Waals surface area contributed by atoms with Crippen molar-refractivity contribution in [1.29, 1.82) is 0 Å². The molecule has 148 valence electrons. The Labute approximate surface area is 163 Å². The Morgan fingerprint density at radius 2 is 1.86 bits per heavy atom. The second-order valence-electron chi connectivity index (χ2n) is 6.93. The number of nitrogens with one attached hydrogen (secondary N) is 1. The first-order chi connectivity index (χ1) is 13.4. The van der Waals surface area contributed by atoms with Crippen LogP contribution in [0.2, 0.25) is 0 Å². The van der Waals surface area contributed by atoms with Crippen molar-refractivity contribution in [3.63, 3.8) is 0 Å². The lowest BCUT2D eigenvalue weighted by atomic mass is 10.1. The van der Waals surface area contributed by atoms with Crippen LogP contribution >= 0.6 is 0 Å². The molecule has 1 aromatic heterocycles. The molecule has 1 aliphatic carbocycles. The number of rotatable bonds is 7. The number of benzene rings is 1. The molecule has 2 atom stereocenters. The van der Waals surface area contributed by atoms with Gasteiger partial charge in [-0.3, -0.25) is 4.79 Å². The first-order valence-electron chi connectivity index (χ1n) is 9.24. The molecule has 2 N–H and O–H groups in total. The summed E-state index contributed by atoms with van der Waals surface area (Å²) in [7, 11) is 1.37. The van der Waals surface area contributed by atoms with E-state index < -0.39 is 24.0 Å². The smallest absolute Gasteiger partial charge is 0.328 e. The number of nitrogens with zero attached hydrogens (tertiary/aromatic N) is 1. The zero-order valence-electron chi connectivity index (χ0n) is 16.1. The first kappa shape index (κ1) is 19.7. The van der Waals surface area contributed by atoms with Gasteiger partial charge in [-0.1, -0.05) is 24.3 Å². The predicted molar refractivity (Wildman–Crippen MR) is 102 cm³/mol. The van der Waals surface area contributed by atoms with E-state index in [0.29, 0.717) is 5.92 Å². The van der Waals surface area contributed by atoms with Gasteiger partial charge < -0.3 is 19.9 Å². The number of amides is 1. The number of ether oxygens (including phenoxy) is 2. The van der Waals surface area contributed by atoms with Crippen LogP contribution in [0.5, 0.6) is 11.5 Å². The molecule has 2 unspecified atom stereocenters. The molecule has 3 rings (SSSR count). The van der Waals surface area contributed by atoms with Crippen LogP contribution in [0.4, 0.5) is 0 Å². The number of methoxy groups -OCH3 is 1. The predicted octanol–water partition coefficient (Wildman–Crippen LogP) is 3.10. The van der Waals surface area contributed by atoms with Crippen LogP contribution in [0.25, 0.3) is 0 Å². The van der Waals surface area contributed by atoms with E-state index in [2.05, 4.69) is 22.4 Å². The molecule has 0 aliphatic heterocycles. The van der Waals surface area contributed by atoms with Gasteiger partial charge >= 0.3 is 5.97 Å². The quantitative estimate of drug-likeness (QED) is 0.712. The molecule has 2 aromatic rings. The van der Waals surface area contributed by atoms with Crippen LogP contribution in [0.3, 0.4) is 0 Å². The van der Waals surface area contributed by atoms with E-state index in [-0.39, 0.29) is 17.2 Å². The Morgan fingerprint density at radius 1 is 1.18 bits per heavy atom. The lowest BCUT2D eigenvalue weighted by molar-refractivity contribution is -0.150. The van der Waals surface area contributed by atoms with Crippen LogP contribution < -0.4 is 10.1 Å². The maximum absolute atomic E-state index is 12.3. The summed E-state index contributed by atoms with van der Waals surface area (Å²) in [6, 6.07) is 8.59. The van der Waals surface area contributed by atoms with E-state index in [1.807, 2.05) is 12.1 Å². The number of aromatic hydroxyl groups is 1. The van der Waals surface area contributed by atoms with Crippen LogP contribution in [0.1, 0.15) is 60.3 Å². The maximum atomic E-state index is 12.3. The van der Waals surface area contributed by atoms with Crippen molar-refractivity contribution in [2.75, 3.05) is 7.11 Å². The molecular weight excluding hydrogens is 360 g/mol. The highest BCUT2D eigenvalue weighted by molar-refractivity contribution is 5.97. The number of carbonyl (C=O) groups excluding carboxylic acids is 2. The highest BCUT2D eigenvalue weighted by atomic mass is 16.5. The van der Waals surface area contributed by atoms with Gasteiger partial charge in [-0.15, -0.1) is 0 Å². The molecular formula is C21H24N2O5. The third kappa shape index (κ3) is 4.42. The molecule has 1 amide bonds. The number of hydrogen-bond donors (Lipinski definition) is 2. The standard InChI is InChI=1S/C21H24N2O5/c1-12(23-20(25)18-19(24)17(27-3)10-11-22-18)21(26)28-13(2)14-4-6-15(7-5-14)16-8-9-16/h4-7,10-13,16,24H,8-9H2,1-3H3,(H,23,25). The van der Waals surface area contributed by atoms with Gasteiger partial charge in [-0.2, -0.15) is 0 Å². The van der Waals surface area contributed by atoms with E-state index in [4.69, 9.17) is 9.47 Å². The van der Waals surface area contributed by atoms with Crippen molar-refractivity contribution in [3.8, 4) is 11.5 Å². The zero-order chi connectivity index (χ0) is 20.3. The number of pyridine rings is 1. The summed E-state index contributed by atoms with van der Waals surface area (Å²) < 4.78 is 10.4. The average molecular weight is 384 g/mol. The summed E-state index contributed by atoms with van der Waals surface area (Å²) in [6.07, 6.45) is 3.37. The normalized spacial score (nSPS) is 15.4. The first-order valence-corrected chi connectivity index (χ1v) is 9.24. The molecule has 0 spiro atoms. The van der Waals surface area contributed by atoms with Crippen molar-refractivity contribution in [3.05, 3.63) is 53.3 Å². The van der Waals surface area contributed by atoms with Gasteiger partial charge in [0.25, 0.3) is 5.91 Å². The van der Waals surface area contributed by atoms with Gasteiger partial charge in [0, 0.05) is 12.3 Å². The van der Waals surface area contributed by atoms with Gasteiger partial charge in [-0.05, 0) is 43.7 Å². The maximum Gasteiger partial charge on any atom is 0.328 e. The fourth-order valence-corrected chi connectivity index (χ4v) is 2.89. The molecule has 1 aromatic carbocycles. The zero-order valence-corrected chi connectivity index (χ0v) is 16.1. The molecule has 1 fully saturated rings. The molecule has 7 nitrogen and oxygen atoms in total. The minimum absolute atomic E-state index is 0.124. The van der Waals surface area contributed by atoms with Crippen molar-refractivity contribution in [1.82, 2.24) is 10.3 Å². The molecule has 1 heterocycles. The molecule has 1 saturated carbocycles. The third-order valence-electron chi connectivity index (χ3n) is 4.77. The molecule has 0 saturated heterocycles. The number of esters is 1. The monoisotopic (exact) mass is 384 g/mol. The molecule has 0 radical (unpaired) electrons. The molecule has 0 bridgehead atoms. The van der Waals surface area contributed by atoms with Gasteiger partial charge in [0.15, 0.2) is 17.2 Å². The van der Waals surface area contributed by atoms with Crippen LogP contribution in [-0.2, 0) is 9.53 Å². The van der Waals surface area contributed by atoms with E-state index in [1.54, 1.807) is 6.92 Å². The molecule has 28 heavy (non-hydrogen) atoms. The van der Waals surface area contributed by atoms with Crippen molar-refractivity contribution >= 4 is 11.9 Å². The Morgan fingerprint density at radius 3 is 2.46 bits per heavy atom. The minimum atomic E-state index is -0.909. The van der Waals surface area contributed by atoms with Gasteiger partial charge in [0.2, 0.25) is 0 Å². The summed E-state index contributed by atoms with van der Waals surface area (Å²) in [5.41, 5.74) is 1.99. The Hall–Kier alpha value is -3.09. The minimum Gasteiger partial charge on any atom is -0.503 e. The fraction of sp³-hybridized carbons (Fsp3) is 0.381. The van der Waals surface area contributed by atoms with Crippen LogP contribution in [0, 0.1) is 0 Å². The van der Waals surface area contributed by atoms with E-state index in [1.165, 1.54) is 44.7 Å². The second kappa shape index (κ2) is 8.29. The highest BCUT2D eigenvalue weighted by Crippen LogP contribution is 2.40. The summed E-state index contributed by atoms with van der Waals surface area (Å²) in [6.45, 7) is 3.30. The molecule has 7 heteroatoms.